The van der Waals surface area contributed by atoms with Gasteiger partial charge in [-0.05, 0) is 24.5 Å². The van der Waals surface area contributed by atoms with Crippen LogP contribution >= 0.6 is 11.5 Å². The van der Waals surface area contributed by atoms with E-state index < -0.39 is 0 Å². The van der Waals surface area contributed by atoms with Gasteiger partial charge in [0.05, 0.1) is 6.61 Å². The Morgan fingerprint density at radius 2 is 1.86 bits per heavy atom. The maximum absolute atomic E-state index is 9.10. The van der Waals surface area contributed by atoms with E-state index in [4.69, 9.17) is 5.11 Å². The van der Waals surface area contributed by atoms with Crippen LogP contribution in [0.5, 0.6) is 0 Å². The predicted octanol–water partition coefficient (Wildman–Crippen LogP) is 2.05. The Labute approximate surface area is 135 Å². The molecule has 22 heavy (non-hydrogen) atoms. The van der Waals surface area contributed by atoms with Gasteiger partial charge in [-0.15, -0.1) is 0 Å². The average molecular weight is 318 g/mol. The van der Waals surface area contributed by atoms with Gasteiger partial charge in [0.1, 0.15) is 5.82 Å². The molecule has 6 heteroatoms. The van der Waals surface area contributed by atoms with Gasteiger partial charge in [-0.25, -0.2) is 4.98 Å². The van der Waals surface area contributed by atoms with Gasteiger partial charge in [0.25, 0.3) is 0 Å². The fourth-order valence-electron chi connectivity index (χ4n) is 2.74. The number of aliphatic hydroxyl groups excluding tert-OH is 1. The Kier molecular flexibility index (Phi) is 5.02. The van der Waals surface area contributed by atoms with Gasteiger partial charge in [0, 0.05) is 44.3 Å². The van der Waals surface area contributed by atoms with Gasteiger partial charge >= 0.3 is 0 Å². The molecule has 0 aliphatic carbocycles. The van der Waals surface area contributed by atoms with Crippen LogP contribution in [0.4, 0.5) is 5.13 Å². The zero-order valence-electron chi connectivity index (χ0n) is 12.9. The van der Waals surface area contributed by atoms with Crippen molar-refractivity contribution in [1.29, 1.82) is 0 Å². The summed E-state index contributed by atoms with van der Waals surface area (Å²) in [6.07, 6.45) is 1.15. The van der Waals surface area contributed by atoms with Crippen molar-refractivity contribution in [2.24, 2.45) is 0 Å². The molecule has 0 amide bonds. The molecule has 1 aliphatic rings. The molecule has 0 atom stereocenters. The van der Waals surface area contributed by atoms with Crippen LogP contribution < -0.4 is 4.90 Å². The molecule has 1 aromatic carbocycles. The summed E-state index contributed by atoms with van der Waals surface area (Å²) in [6.45, 7) is 7.23. The third-order valence-electron chi connectivity index (χ3n) is 3.99. The lowest BCUT2D eigenvalue weighted by Crippen LogP contribution is -2.30. The van der Waals surface area contributed by atoms with Crippen molar-refractivity contribution in [2.45, 2.75) is 26.5 Å². The second-order valence-corrected chi connectivity index (χ2v) is 6.45. The molecule has 0 unspecified atom stereocenters. The van der Waals surface area contributed by atoms with E-state index in [1.54, 1.807) is 0 Å². The second kappa shape index (κ2) is 7.17. The van der Waals surface area contributed by atoms with Crippen molar-refractivity contribution in [3.8, 4) is 0 Å². The molecule has 0 bridgehead atoms. The molecule has 118 valence electrons. The number of rotatable bonds is 4. The Bertz CT molecular complexity index is 598. The van der Waals surface area contributed by atoms with E-state index in [9.17, 15) is 0 Å². The summed E-state index contributed by atoms with van der Waals surface area (Å²) in [5.41, 5.74) is 2.27. The Morgan fingerprint density at radius 3 is 2.55 bits per heavy atom. The first kappa shape index (κ1) is 15.4. The van der Waals surface area contributed by atoms with E-state index >= 15 is 0 Å². The molecular formula is C16H22N4OS. The highest BCUT2D eigenvalue weighted by atomic mass is 32.1. The molecule has 0 spiro atoms. The lowest BCUT2D eigenvalue weighted by atomic mass is 10.1. The summed E-state index contributed by atoms with van der Waals surface area (Å²) >= 11 is 1.50. The summed E-state index contributed by atoms with van der Waals surface area (Å²) in [6, 6.07) is 8.23. The SMILES string of the molecule is Cc1nsc(N2CCCN(Cc3ccc(CO)cc3)CC2)n1. The lowest BCUT2D eigenvalue weighted by Gasteiger charge is -2.21. The first-order valence-corrected chi connectivity index (χ1v) is 8.48. The molecule has 1 saturated heterocycles. The van der Waals surface area contributed by atoms with E-state index in [0.717, 1.165) is 55.7 Å². The Balaban J connectivity index is 1.57. The molecule has 0 radical (unpaired) electrons. The second-order valence-electron chi connectivity index (χ2n) is 5.72. The van der Waals surface area contributed by atoms with E-state index in [2.05, 4.69) is 31.3 Å². The van der Waals surface area contributed by atoms with Crippen LogP contribution in [0.3, 0.4) is 0 Å². The van der Waals surface area contributed by atoms with Gasteiger partial charge in [0.15, 0.2) is 0 Å². The fourth-order valence-corrected chi connectivity index (χ4v) is 3.47. The predicted molar refractivity (Wildman–Crippen MR) is 89.1 cm³/mol. The summed E-state index contributed by atoms with van der Waals surface area (Å²) in [4.78, 5) is 9.33. The molecule has 1 N–H and O–H groups in total. The molecule has 2 aromatic rings. The summed E-state index contributed by atoms with van der Waals surface area (Å²) in [5, 5.41) is 10.1. The fraction of sp³-hybridized carbons (Fsp3) is 0.500. The number of hydrogen-bond acceptors (Lipinski definition) is 6. The van der Waals surface area contributed by atoms with E-state index in [-0.39, 0.29) is 6.61 Å². The maximum Gasteiger partial charge on any atom is 0.205 e. The summed E-state index contributed by atoms with van der Waals surface area (Å²) in [5.74, 6) is 0.866. The minimum absolute atomic E-state index is 0.111. The van der Waals surface area contributed by atoms with Gasteiger partial charge < -0.3 is 10.0 Å². The van der Waals surface area contributed by atoms with Gasteiger partial charge in [-0.1, -0.05) is 24.3 Å². The van der Waals surface area contributed by atoms with E-state index in [1.807, 2.05) is 19.1 Å². The number of aliphatic hydroxyl groups is 1. The largest absolute Gasteiger partial charge is 0.392 e. The zero-order valence-corrected chi connectivity index (χ0v) is 13.7. The first-order chi connectivity index (χ1) is 10.7. The van der Waals surface area contributed by atoms with Crippen molar-refractivity contribution in [3.63, 3.8) is 0 Å². The number of aromatic nitrogens is 2. The van der Waals surface area contributed by atoms with Crippen molar-refractivity contribution >= 4 is 16.7 Å². The smallest absolute Gasteiger partial charge is 0.205 e. The molecular weight excluding hydrogens is 296 g/mol. The first-order valence-electron chi connectivity index (χ1n) is 7.71. The highest BCUT2D eigenvalue weighted by Gasteiger charge is 2.17. The summed E-state index contributed by atoms with van der Waals surface area (Å²) < 4.78 is 4.28. The minimum atomic E-state index is 0.111. The molecule has 3 rings (SSSR count). The standard InChI is InChI=1S/C16H22N4OS/c1-13-17-16(22-18-13)20-8-2-7-19(9-10-20)11-14-3-5-15(12-21)6-4-14/h3-6,21H,2,7-12H2,1H3. The van der Waals surface area contributed by atoms with Crippen LogP contribution in [-0.2, 0) is 13.2 Å². The molecule has 1 aromatic heterocycles. The third kappa shape index (κ3) is 3.82. The molecule has 1 aliphatic heterocycles. The summed E-state index contributed by atoms with van der Waals surface area (Å²) in [7, 11) is 0. The quantitative estimate of drug-likeness (QED) is 0.935. The van der Waals surface area contributed by atoms with Crippen LogP contribution in [0.15, 0.2) is 24.3 Å². The average Bonchev–Trinajstić information content (AvgIpc) is 2.83. The number of benzene rings is 1. The lowest BCUT2D eigenvalue weighted by molar-refractivity contribution is 0.280. The van der Waals surface area contributed by atoms with Gasteiger partial charge in [-0.3, -0.25) is 4.90 Å². The van der Waals surface area contributed by atoms with Gasteiger partial charge in [-0.2, -0.15) is 4.37 Å². The highest BCUT2D eigenvalue weighted by molar-refractivity contribution is 7.09. The molecule has 1 fully saturated rings. The van der Waals surface area contributed by atoms with Crippen molar-refractivity contribution < 1.29 is 5.11 Å². The molecule has 0 saturated carbocycles. The number of aryl methyl sites for hydroxylation is 1. The van der Waals surface area contributed by atoms with Crippen molar-refractivity contribution in [2.75, 3.05) is 31.1 Å². The topological polar surface area (TPSA) is 52.5 Å². The van der Waals surface area contributed by atoms with E-state index in [0.29, 0.717) is 0 Å². The highest BCUT2D eigenvalue weighted by Crippen LogP contribution is 2.19. The van der Waals surface area contributed by atoms with Crippen LogP contribution in [-0.4, -0.2) is 45.5 Å². The Hall–Kier alpha value is -1.50. The minimum Gasteiger partial charge on any atom is -0.392 e. The van der Waals surface area contributed by atoms with E-state index in [1.165, 1.54) is 17.1 Å². The number of nitrogens with zero attached hydrogens (tertiary/aromatic N) is 4. The molecule has 2 heterocycles. The van der Waals surface area contributed by atoms with Crippen molar-refractivity contribution in [3.05, 3.63) is 41.2 Å². The van der Waals surface area contributed by atoms with Crippen LogP contribution in [0.25, 0.3) is 0 Å². The number of hydrogen-bond donors (Lipinski definition) is 1. The van der Waals surface area contributed by atoms with Crippen LogP contribution in [0.1, 0.15) is 23.4 Å². The maximum atomic E-state index is 9.10. The number of anilines is 1. The van der Waals surface area contributed by atoms with Gasteiger partial charge in [0.2, 0.25) is 5.13 Å². The monoisotopic (exact) mass is 318 g/mol. The third-order valence-corrected chi connectivity index (χ3v) is 4.86. The molecule has 5 nitrogen and oxygen atoms in total. The normalized spacial score (nSPS) is 16.7. The Morgan fingerprint density at radius 1 is 1.09 bits per heavy atom. The van der Waals surface area contributed by atoms with Crippen molar-refractivity contribution in [1.82, 2.24) is 14.3 Å². The van der Waals surface area contributed by atoms with Crippen LogP contribution in [0, 0.1) is 6.92 Å². The van der Waals surface area contributed by atoms with Crippen LogP contribution in [0.2, 0.25) is 0 Å². The zero-order chi connectivity index (χ0) is 15.4.